The van der Waals surface area contributed by atoms with Crippen LogP contribution in [-0.4, -0.2) is 16.5 Å². The van der Waals surface area contributed by atoms with Crippen LogP contribution >= 0.6 is 0 Å². The highest BCUT2D eigenvalue weighted by Gasteiger charge is 2.28. The summed E-state index contributed by atoms with van der Waals surface area (Å²) in [5, 5.41) is 3.04. The largest absolute Gasteiger partial charge is 0.370 e. The molecule has 0 radical (unpaired) electrons. The van der Waals surface area contributed by atoms with Crippen LogP contribution < -0.4 is 5.32 Å². The number of rotatable bonds is 4. The summed E-state index contributed by atoms with van der Waals surface area (Å²) in [5.74, 6) is -2.46. The summed E-state index contributed by atoms with van der Waals surface area (Å²) in [7, 11) is 0. The van der Waals surface area contributed by atoms with E-state index in [0.29, 0.717) is 18.2 Å². The number of hydrogen-bond donors (Lipinski definition) is 1. The molecule has 3 rings (SSSR count). The predicted octanol–water partition coefficient (Wildman–Crippen LogP) is 3.87. The van der Waals surface area contributed by atoms with Gasteiger partial charge in [-0.3, -0.25) is 0 Å². The second-order valence-electron chi connectivity index (χ2n) is 5.02. The van der Waals surface area contributed by atoms with Crippen molar-refractivity contribution in [1.29, 1.82) is 0 Å². The van der Waals surface area contributed by atoms with Crippen molar-refractivity contribution in [1.82, 2.24) is 9.97 Å². The topological polar surface area (TPSA) is 37.8 Å². The minimum Gasteiger partial charge on any atom is -0.370 e. The van der Waals surface area contributed by atoms with Crippen LogP contribution in [0, 0.1) is 17.5 Å². The first-order valence-electron chi connectivity index (χ1n) is 6.87. The summed E-state index contributed by atoms with van der Waals surface area (Å²) in [6.07, 6.45) is 1.99. The summed E-state index contributed by atoms with van der Waals surface area (Å²) in [4.78, 5) is 8.67. The Labute approximate surface area is 120 Å². The van der Waals surface area contributed by atoms with Crippen molar-refractivity contribution in [3.05, 3.63) is 41.5 Å². The maximum Gasteiger partial charge on any atom is 0.195 e. The Balaban J connectivity index is 2.10. The molecule has 1 fully saturated rings. The van der Waals surface area contributed by atoms with Gasteiger partial charge in [0.15, 0.2) is 17.5 Å². The number of halogens is 3. The molecule has 1 heterocycles. The first kappa shape index (κ1) is 13.9. The molecule has 0 saturated heterocycles. The molecule has 1 aromatic heterocycles. The molecular formula is C15H14F3N3. The molecule has 21 heavy (non-hydrogen) atoms. The van der Waals surface area contributed by atoms with Gasteiger partial charge >= 0.3 is 0 Å². The van der Waals surface area contributed by atoms with Crippen LogP contribution in [0.1, 0.15) is 31.5 Å². The van der Waals surface area contributed by atoms with E-state index in [1.54, 1.807) is 6.07 Å². The third-order valence-electron chi connectivity index (χ3n) is 3.35. The Hall–Kier alpha value is -2.11. The normalized spacial score (nSPS) is 14.3. The van der Waals surface area contributed by atoms with Gasteiger partial charge in [0, 0.05) is 24.1 Å². The van der Waals surface area contributed by atoms with E-state index in [4.69, 9.17) is 0 Å². The number of hydrogen-bond acceptors (Lipinski definition) is 3. The lowest BCUT2D eigenvalue weighted by Crippen LogP contribution is -2.05. The van der Waals surface area contributed by atoms with Crippen LogP contribution in [-0.2, 0) is 0 Å². The van der Waals surface area contributed by atoms with Gasteiger partial charge in [0.05, 0.1) is 5.69 Å². The molecule has 110 valence electrons. The highest BCUT2D eigenvalue weighted by molar-refractivity contribution is 5.63. The zero-order valence-corrected chi connectivity index (χ0v) is 11.5. The maximum absolute atomic E-state index is 13.9. The van der Waals surface area contributed by atoms with E-state index in [0.717, 1.165) is 18.9 Å². The summed E-state index contributed by atoms with van der Waals surface area (Å²) in [6, 6.07) is 3.65. The summed E-state index contributed by atoms with van der Waals surface area (Å²) in [5.41, 5.74) is 0.205. The molecule has 0 bridgehead atoms. The molecule has 0 atom stereocenters. The maximum atomic E-state index is 13.9. The van der Waals surface area contributed by atoms with Gasteiger partial charge in [-0.15, -0.1) is 0 Å². The quantitative estimate of drug-likeness (QED) is 0.870. The molecule has 1 N–H and O–H groups in total. The van der Waals surface area contributed by atoms with Crippen LogP contribution in [0.2, 0.25) is 0 Å². The average molecular weight is 293 g/mol. The van der Waals surface area contributed by atoms with Crippen molar-refractivity contribution in [2.24, 2.45) is 0 Å². The fourth-order valence-electron chi connectivity index (χ4n) is 2.12. The van der Waals surface area contributed by atoms with E-state index in [1.807, 2.05) is 6.92 Å². The van der Waals surface area contributed by atoms with E-state index in [1.165, 1.54) is 6.07 Å². The van der Waals surface area contributed by atoms with Crippen molar-refractivity contribution in [2.75, 3.05) is 11.9 Å². The van der Waals surface area contributed by atoms with Crippen LogP contribution in [0.25, 0.3) is 11.3 Å². The zero-order valence-electron chi connectivity index (χ0n) is 11.5. The summed E-state index contributed by atoms with van der Waals surface area (Å²) in [6.45, 7) is 2.57. The molecule has 0 amide bonds. The van der Waals surface area contributed by atoms with Crippen molar-refractivity contribution in [3.63, 3.8) is 0 Å². The molecule has 0 aliphatic heterocycles. The van der Waals surface area contributed by atoms with E-state index in [-0.39, 0.29) is 17.2 Å². The molecule has 0 spiro atoms. The van der Waals surface area contributed by atoms with Gasteiger partial charge in [-0.05, 0) is 31.9 Å². The zero-order chi connectivity index (χ0) is 15.0. The van der Waals surface area contributed by atoms with Crippen LogP contribution in [0.4, 0.5) is 19.0 Å². The Bertz CT molecular complexity index is 684. The highest BCUT2D eigenvalue weighted by atomic mass is 19.2. The Morgan fingerprint density at radius 3 is 2.57 bits per heavy atom. The second-order valence-corrected chi connectivity index (χ2v) is 5.02. The fourth-order valence-corrected chi connectivity index (χ4v) is 2.12. The van der Waals surface area contributed by atoms with Crippen LogP contribution in [0.15, 0.2) is 18.2 Å². The molecule has 0 unspecified atom stereocenters. The van der Waals surface area contributed by atoms with Crippen LogP contribution in [0.5, 0.6) is 0 Å². The molecule has 1 saturated carbocycles. The van der Waals surface area contributed by atoms with Crippen molar-refractivity contribution in [3.8, 4) is 11.3 Å². The minimum absolute atomic E-state index is 0.0580. The van der Waals surface area contributed by atoms with Crippen LogP contribution in [0.3, 0.4) is 0 Å². The lowest BCUT2D eigenvalue weighted by molar-refractivity contribution is 0.449. The van der Waals surface area contributed by atoms with Crippen molar-refractivity contribution >= 4 is 5.82 Å². The fraction of sp³-hybridized carbons (Fsp3) is 0.333. The molecule has 1 aliphatic carbocycles. The molecule has 2 aromatic rings. The Kier molecular flexibility index (Phi) is 3.53. The molecule has 1 aliphatic rings. The van der Waals surface area contributed by atoms with Gasteiger partial charge in [-0.2, -0.15) is 0 Å². The van der Waals surface area contributed by atoms with Gasteiger partial charge in [0.1, 0.15) is 11.6 Å². The van der Waals surface area contributed by atoms with Gasteiger partial charge in [-0.25, -0.2) is 23.1 Å². The van der Waals surface area contributed by atoms with Crippen molar-refractivity contribution in [2.45, 2.75) is 25.7 Å². The molecule has 1 aromatic carbocycles. The van der Waals surface area contributed by atoms with Gasteiger partial charge in [-0.1, -0.05) is 0 Å². The lowest BCUT2D eigenvalue weighted by atomic mass is 10.1. The number of nitrogens with one attached hydrogen (secondary N) is 1. The van der Waals surface area contributed by atoms with E-state index in [2.05, 4.69) is 15.3 Å². The highest BCUT2D eigenvalue weighted by Crippen LogP contribution is 2.39. The molecular weight excluding hydrogens is 279 g/mol. The Morgan fingerprint density at radius 1 is 1.14 bits per heavy atom. The first-order valence-corrected chi connectivity index (χ1v) is 6.87. The minimum atomic E-state index is -1.48. The third-order valence-corrected chi connectivity index (χ3v) is 3.35. The number of aromatic nitrogens is 2. The van der Waals surface area contributed by atoms with E-state index in [9.17, 15) is 13.2 Å². The SMILES string of the molecule is CCNc1cc(-c2ccc(F)c(F)c2F)nc(C2CC2)n1. The molecule has 3 nitrogen and oxygen atoms in total. The smallest absolute Gasteiger partial charge is 0.195 e. The predicted molar refractivity (Wildman–Crippen MR) is 73.5 cm³/mol. The summed E-state index contributed by atoms with van der Waals surface area (Å²) < 4.78 is 40.3. The van der Waals surface area contributed by atoms with Gasteiger partial charge in [0.25, 0.3) is 0 Å². The second kappa shape index (κ2) is 5.35. The number of benzene rings is 1. The number of anilines is 1. The first-order chi connectivity index (χ1) is 10.1. The average Bonchev–Trinajstić information content (AvgIpc) is 3.29. The summed E-state index contributed by atoms with van der Waals surface area (Å²) >= 11 is 0. The third kappa shape index (κ3) is 2.70. The van der Waals surface area contributed by atoms with E-state index >= 15 is 0 Å². The van der Waals surface area contributed by atoms with Crippen molar-refractivity contribution < 1.29 is 13.2 Å². The van der Waals surface area contributed by atoms with Gasteiger partial charge < -0.3 is 5.32 Å². The molecule has 6 heteroatoms. The van der Waals surface area contributed by atoms with E-state index < -0.39 is 17.5 Å². The number of nitrogens with zero attached hydrogens (tertiary/aromatic N) is 2. The monoisotopic (exact) mass is 293 g/mol. The standard InChI is InChI=1S/C15H14F3N3/c1-2-19-12-7-11(20-15(21-12)8-3-4-8)9-5-6-10(16)14(18)13(9)17/h5-8H,2-4H2,1H3,(H,19,20,21). The lowest BCUT2D eigenvalue weighted by Gasteiger charge is -2.10. The van der Waals surface area contributed by atoms with Gasteiger partial charge in [0.2, 0.25) is 0 Å². The Morgan fingerprint density at radius 2 is 1.90 bits per heavy atom.